The van der Waals surface area contributed by atoms with Gasteiger partial charge in [-0.05, 0) is 31.2 Å². The van der Waals surface area contributed by atoms with Crippen molar-refractivity contribution < 1.29 is 12.8 Å². The Morgan fingerprint density at radius 3 is 2.47 bits per heavy atom. The molecule has 0 N–H and O–H groups in total. The second kappa shape index (κ2) is 4.54. The van der Waals surface area contributed by atoms with E-state index in [1.807, 2.05) is 6.92 Å². The maximum absolute atomic E-state index is 12.7. The van der Waals surface area contributed by atoms with E-state index in [1.165, 1.54) is 23.5 Å². The third kappa shape index (κ3) is 2.89. The molecule has 90 valence electrons. The minimum Gasteiger partial charge on any atom is -0.250 e. The van der Waals surface area contributed by atoms with E-state index in [2.05, 4.69) is 4.98 Å². The summed E-state index contributed by atoms with van der Waals surface area (Å²) in [5, 5.41) is 0.828. The zero-order valence-electron chi connectivity index (χ0n) is 9.05. The van der Waals surface area contributed by atoms with Crippen LogP contribution in [-0.4, -0.2) is 13.4 Å². The summed E-state index contributed by atoms with van der Waals surface area (Å²) in [5.74, 6) is -0.540. The molecule has 0 saturated carbocycles. The molecule has 0 unspecified atom stereocenters. The van der Waals surface area contributed by atoms with Gasteiger partial charge in [-0.25, -0.2) is 17.8 Å². The van der Waals surface area contributed by atoms with Gasteiger partial charge in [0.25, 0.3) is 0 Å². The topological polar surface area (TPSA) is 47.0 Å². The summed E-state index contributed by atoms with van der Waals surface area (Å²) < 4.78 is 36.7. The molecule has 2 rings (SSSR count). The second-order valence-electron chi connectivity index (χ2n) is 3.56. The molecule has 1 aromatic heterocycles. The average Bonchev–Trinajstić information content (AvgIpc) is 2.63. The maximum Gasteiger partial charge on any atom is 0.183 e. The van der Waals surface area contributed by atoms with Gasteiger partial charge < -0.3 is 0 Å². The molecule has 0 amide bonds. The first-order valence-electron chi connectivity index (χ1n) is 4.87. The lowest BCUT2D eigenvalue weighted by Gasteiger charge is -2.02. The number of benzene rings is 1. The van der Waals surface area contributed by atoms with Crippen molar-refractivity contribution in [3.63, 3.8) is 0 Å². The van der Waals surface area contributed by atoms with Crippen molar-refractivity contribution in [2.75, 3.05) is 0 Å². The molecule has 0 aliphatic rings. The zero-order valence-corrected chi connectivity index (χ0v) is 10.7. The fourth-order valence-corrected chi connectivity index (χ4v) is 3.84. The van der Waals surface area contributed by atoms with Gasteiger partial charge in [0.05, 0.1) is 15.7 Å². The molecule has 6 heteroatoms. The average molecular weight is 271 g/mol. The Hall–Kier alpha value is -1.27. The van der Waals surface area contributed by atoms with Crippen LogP contribution in [0.5, 0.6) is 0 Å². The van der Waals surface area contributed by atoms with Crippen molar-refractivity contribution in [3.8, 4) is 0 Å². The highest BCUT2D eigenvalue weighted by Crippen LogP contribution is 2.20. The number of hydrogen-bond donors (Lipinski definition) is 0. The summed E-state index contributed by atoms with van der Waals surface area (Å²) in [7, 11) is -3.41. The third-order valence-corrected chi connectivity index (χ3v) is 4.95. The van der Waals surface area contributed by atoms with Gasteiger partial charge in [-0.3, -0.25) is 0 Å². The minimum absolute atomic E-state index is 0.0931. The van der Waals surface area contributed by atoms with Crippen LogP contribution in [0.4, 0.5) is 4.39 Å². The van der Waals surface area contributed by atoms with Gasteiger partial charge in [0.1, 0.15) is 5.82 Å². The van der Waals surface area contributed by atoms with Crippen molar-refractivity contribution in [1.29, 1.82) is 0 Å². The lowest BCUT2D eigenvalue weighted by atomic mass is 10.4. The molecule has 0 bridgehead atoms. The molecule has 0 fully saturated rings. The summed E-state index contributed by atoms with van der Waals surface area (Å²) in [6.45, 7) is 1.82. The van der Waals surface area contributed by atoms with Crippen LogP contribution in [0.25, 0.3) is 0 Å². The van der Waals surface area contributed by atoms with E-state index in [0.717, 1.165) is 17.1 Å². The number of thiazole rings is 1. The summed E-state index contributed by atoms with van der Waals surface area (Å²) in [5.41, 5.74) is 0. The quantitative estimate of drug-likeness (QED) is 0.806. The summed E-state index contributed by atoms with van der Waals surface area (Å²) in [6, 6.07) is 4.84. The van der Waals surface area contributed by atoms with Crippen molar-refractivity contribution in [3.05, 3.63) is 46.2 Å². The number of aromatic nitrogens is 1. The fourth-order valence-electron chi connectivity index (χ4n) is 1.38. The van der Waals surface area contributed by atoms with Crippen LogP contribution in [0.2, 0.25) is 0 Å². The molecule has 17 heavy (non-hydrogen) atoms. The largest absolute Gasteiger partial charge is 0.250 e. The number of hydrogen-bond acceptors (Lipinski definition) is 4. The summed E-state index contributed by atoms with van der Waals surface area (Å²) >= 11 is 1.35. The Bertz CT molecular complexity index is 617. The highest BCUT2D eigenvalue weighted by Gasteiger charge is 2.16. The lowest BCUT2D eigenvalue weighted by molar-refractivity contribution is 0.594. The van der Waals surface area contributed by atoms with Crippen LogP contribution < -0.4 is 0 Å². The van der Waals surface area contributed by atoms with Gasteiger partial charge in [0.2, 0.25) is 0 Å². The molecule has 0 saturated heterocycles. The molecule has 1 aromatic carbocycles. The van der Waals surface area contributed by atoms with Crippen molar-refractivity contribution in [1.82, 2.24) is 4.98 Å². The molecule has 0 aliphatic carbocycles. The first-order valence-corrected chi connectivity index (χ1v) is 7.34. The molecular formula is C11H10FNO2S2. The molecule has 3 nitrogen and oxygen atoms in total. The predicted molar refractivity (Wildman–Crippen MR) is 64.1 cm³/mol. The zero-order chi connectivity index (χ0) is 12.5. The standard InChI is InChI=1S/C11H10FNO2S2/c1-8-13-6-10(16-8)7-17(14,15)11-4-2-9(12)3-5-11/h2-6H,7H2,1H3. The lowest BCUT2D eigenvalue weighted by Crippen LogP contribution is -2.03. The van der Waals surface area contributed by atoms with Crippen molar-refractivity contribution in [2.24, 2.45) is 0 Å². The summed E-state index contributed by atoms with van der Waals surface area (Å²) in [6.07, 6.45) is 1.56. The number of nitrogens with zero attached hydrogens (tertiary/aromatic N) is 1. The molecular weight excluding hydrogens is 261 g/mol. The van der Waals surface area contributed by atoms with Gasteiger partial charge in [0.15, 0.2) is 9.84 Å². The molecule has 1 heterocycles. The van der Waals surface area contributed by atoms with E-state index in [0.29, 0.717) is 4.88 Å². The maximum atomic E-state index is 12.7. The van der Waals surface area contributed by atoms with Gasteiger partial charge in [0, 0.05) is 11.1 Å². The van der Waals surface area contributed by atoms with Gasteiger partial charge in [-0.15, -0.1) is 11.3 Å². The normalized spacial score (nSPS) is 11.6. The van der Waals surface area contributed by atoms with E-state index >= 15 is 0 Å². The van der Waals surface area contributed by atoms with Gasteiger partial charge in [-0.2, -0.15) is 0 Å². The number of halogens is 1. The molecule has 0 atom stereocenters. The molecule has 0 spiro atoms. The minimum atomic E-state index is -3.41. The van der Waals surface area contributed by atoms with Crippen LogP contribution in [0, 0.1) is 12.7 Å². The highest BCUT2D eigenvalue weighted by molar-refractivity contribution is 7.90. The first-order chi connectivity index (χ1) is 7.97. The van der Waals surface area contributed by atoms with Crippen LogP contribution in [-0.2, 0) is 15.6 Å². The van der Waals surface area contributed by atoms with Crippen LogP contribution >= 0.6 is 11.3 Å². The van der Waals surface area contributed by atoms with Gasteiger partial charge >= 0.3 is 0 Å². The highest BCUT2D eigenvalue weighted by atomic mass is 32.2. The number of sulfone groups is 1. The van der Waals surface area contributed by atoms with E-state index in [9.17, 15) is 12.8 Å². The third-order valence-electron chi connectivity index (χ3n) is 2.17. The Kier molecular flexibility index (Phi) is 3.26. The number of rotatable bonds is 3. The second-order valence-corrected chi connectivity index (χ2v) is 6.87. The molecule has 0 radical (unpaired) electrons. The number of aryl methyl sites for hydroxylation is 1. The Morgan fingerprint density at radius 2 is 1.94 bits per heavy atom. The van der Waals surface area contributed by atoms with Gasteiger partial charge in [-0.1, -0.05) is 0 Å². The Balaban J connectivity index is 2.28. The van der Waals surface area contributed by atoms with E-state index < -0.39 is 15.7 Å². The van der Waals surface area contributed by atoms with Crippen LogP contribution in [0.1, 0.15) is 9.88 Å². The Labute approximate surface area is 103 Å². The smallest absolute Gasteiger partial charge is 0.183 e. The monoisotopic (exact) mass is 271 g/mol. The molecule has 0 aliphatic heterocycles. The summed E-state index contributed by atoms with van der Waals surface area (Å²) in [4.78, 5) is 4.82. The van der Waals surface area contributed by atoms with Crippen LogP contribution in [0.15, 0.2) is 35.4 Å². The van der Waals surface area contributed by atoms with E-state index in [-0.39, 0.29) is 10.6 Å². The van der Waals surface area contributed by atoms with Crippen molar-refractivity contribution in [2.45, 2.75) is 17.6 Å². The SMILES string of the molecule is Cc1ncc(CS(=O)(=O)c2ccc(F)cc2)s1. The van der Waals surface area contributed by atoms with Crippen LogP contribution in [0.3, 0.4) is 0 Å². The first kappa shape index (κ1) is 12.2. The van der Waals surface area contributed by atoms with E-state index in [4.69, 9.17) is 0 Å². The fraction of sp³-hybridized carbons (Fsp3) is 0.182. The van der Waals surface area contributed by atoms with Crippen molar-refractivity contribution >= 4 is 21.2 Å². The predicted octanol–water partition coefficient (Wildman–Crippen LogP) is 2.56. The molecule has 2 aromatic rings. The Morgan fingerprint density at radius 1 is 1.29 bits per heavy atom. The van der Waals surface area contributed by atoms with E-state index in [1.54, 1.807) is 6.20 Å².